The molecule has 1 aromatic heterocycles. The maximum atomic E-state index is 12.8. The third kappa shape index (κ3) is 7.34. The minimum Gasteiger partial charge on any atom is -0.357 e. The van der Waals surface area contributed by atoms with E-state index in [0.717, 1.165) is 18.1 Å². The van der Waals surface area contributed by atoms with Gasteiger partial charge in [0.15, 0.2) is 5.96 Å². The summed E-state index contributed by atoms with van der Waals surface area (Å²) in [6, 6.07) is 10.0. The number of guanidine groups is 1. The Bertz CT molecular complexity index is 671. The SMILES string of the molecule is CCNC(=NCc1cccs1)NCCNC(=O)Cc1ccc(F)cc1. The molecule has 0 atom stereocenters. The molecular weight excluding hydrogens is 339 g/mol. The Hall–Kier alpha value is -2.41. The van der Waals surface area contributed by atoms with Gasteiger partial charge in [-0.1, -0.05) is 18.2 Å². The molecule has 1 heterocycles. The number of thiophene rings is 1. The molecule has 25 heavy (non-hydrogen) atoms. The number of aliphatic imine (C=N–C) groups is 1. The lowest BCUT2D eigenvalue weighted by Gasteiger charge is -2.11. The van der Waals surface area contributed by atoms with Crippen molar-refractivity contribution in [3.8, 4) is 0 Å². The molecule has 0 aliphatic heterocycles. The Morgan fingerprint density at radius 1 is 1.12 bits per heavy atom. The molecule has 0 aliphatic carbocycles. The van der Waals surface area contributed by atoms with Crippen LogP contribution < -0.4 is 16.0 Å². The molecule has 0 unspecified atom stereocenters. The van der Waals surface area contributed by atoms with Crippen molar-refractivity contribution in [3.05, 3.63) is 58.0 Å². The zero-order valence-electron chi connectivity index (χ0n) is 14.2. The van der Waals surface area contributed by atoms with E-state index in [1.807, 2.05) is 24.4 Å². The summed E-state index contributed by atoms with van der Waals surface area (Å²) in [5, 5.41) is 11.2. The summed E-state index contributed by atoms with van der Waals surface area (Å²) >= 11 is 1.67. The van der Waals surface area contributed by atoms with Gasteiger partial charge in [-0.3, -0.25) is 4.79 Å². The van der Waals surface area contributed by atoms with E-state index in [9.17, 15) is 9.18 Å². The Morgan fingerprint density at radius 2 is 1.88 bits per heavy atom. The summed E-state index contributed by atoms with van der Waals surface area (Å²) in [4.78, 5) is 17.6. The first-order valence-electron chi connectivity index (χ1n) is 8.23. The van der Waals surface area contributed by atoms with Gasteiger partial charge in [0.05, 0.1) is 13.0 Å². The van der Waals surface area contributed by atoms with Gasteiger partial charge in [0.2, 0.25) is 5.91 Å². The lowest BCUT2D eigenvalue weighted by molar-refractivity contribution is -0.120. The van der Waals surface area contributed by atoms with Crippen molar-refractivity contribution in [2.75, 3.05) is 19.6 Å². The molecule has 134 valence electrons. The number of benzene rings is 1. The van der Waals surface area contributed by atoms with Gasteiger partial charge in [0, 0.05) is 24.5 Å². The molecule has 1 aromatic carbocycles. The standard InChI is InChI=1S/C18H23FN4OS/c1-2-20-18(23-13-16-4-3-11-25-16)22-10-9-21-17(24)12-14-5-7-15(19)8-6-14/h3-8,11H,2,9-10,12-13H2,1H3,(H,21,24)(H2,20,22,23). The van der Waals surface area contributed by atoms with Crippen molar-refractivity contribution in [1.29, 1.82) is 0 Å². The van der Waals surface area contributed by atoms with Gasteiger partial charge in [-0.05, 0) is 36.1 Å². The third-order valence-corrected chi connectivity index (χ3v) is 4.20. The average Bonchev–Trinajstić information content (AvgIpc) is 3.12. The molecule has 0 saturated carbocycles. The number of carbonyl (C=O) groups excluding carboxylic acids is 1. The lowest BCUT2D eigenvalue weighted by Crippen LogP contribution is -2.41. The van der Waals surface area contributed by atoms with Gasteiger partial charge < -0.3 is 16.0 Å². The summed E-state index contributed by atoms with van der Waals surface area (Å²) in [7, 11) is 0. The molecule has 2 aromatic rings. The van der Waals surface area contributed by atoms with Crippen LogP contribution in [0, 0.1) is 5.82 Å². The van der Waals surface area contributed by atoms with E-state index in [1.54, 1.807) is 23.5 Å². The monoisotopic (exact) mass is 362 g/mol. The summed E-state index contributed by atoms with van der Waals surface area (Å²) < 4.78 is 12.8. The normalized spacial score (nSPS) is 11.2. The first kappa shape index (κ1) is 18.9. The second-order valence-corrected chi connectivity index (χ2v) is 6.39. The Kier molecular flexibility index (Phi) is 7.91. The number of hydrogen-bond acceptors (Lipinski definition) is 3. The van der Waals surface area contributed by atoms with Gasteiger partial charge in [-0.2, -0.15) is 0 Å². The van der Waals surface area contributed by atoms with Crippen LogP contribution >= 0.6 is 11.3 Å². The van der Waals surface area contributed by atoms with Crippen molar-refractivity contribution in [1.82, 2.24) is 16.0 Å². The first-order chi connectivity index (χ1) is 12.2. The van der Waals surface area contributed by atoms with E-state index < -0.39 is 0 Å². The van der Waals surface area contributed by atoms with Gasteiger partial charge in [0.1, 0.15) is 5.82 Å². The van der Waals surface area contributed by atoms with Gasteiger partial charge >= 0.3 is 0 Å². The predicted molar refractivity (Wildman–Crippen MR) is 100 cm³/mol. The van der Waals surface area contributed by atoms with E-state index >= 15 is 0 Å². The summed E-state index contributed by atoms with van der Waals surface area (Å²) in [5.74, 6) is 0.337. The fourth-order valence-corrected chi connectivity index (χ4v) is 2.76. The minimum absolute atomic E-state index is 0.0890. The van der Waals surface area contributed by atoms with Crippen LogP contribution in [0.1, 0.15) is 17.4 Å². The number of nitrogens with one attached hydrogen (secondary N) is 3. The Labute approximate surface area is 151 Å². The molecule has 5 nitrogen and oxygen atoms in total. The molecule has 1 amide bonds. The second kappa shape index (κ2) is 10.5. The van der Waals surface area contributed by atoms with E-state index in [-0.39, 0.29) is 18.1 Å². The molecular formula is C18H23FN4OS. The Morgan fingerprint density at radius 3 is 2.56 bits per heavy atom. The topological polar surface area (TPSA) is 65.5 Å². The maximum absolute atomic E-state index is 12.8. The zero-order chi connectivity index (χ0) is 17.9. The van der Waals surface area contributed by atoms with Crippen molar-refractivity contribution in [2.45, 2.75) is 19.9 Å². The molecule has 0 spiro atoms. The Balaban J connectivity index is 1.69. The number of amides is 1. The molecule has 0 bridgehead atoms. The highest BCUT2D eigenvalue weighted by atomic mass is 32.1. The van der Waals surface area contributed by atoms with Gasteiger partial charge in [-0.15, -0.1) is 11.3 Å². The molecule has 3 N–H and O–H groups in total. The molecule has 7 heteroatoms. The maximum Gasteiger partial charge on any atom is 0.224 e. The highest BCUT2D eigenvalue weighted by Gasteiger charge is 2.03. The molecule has 0 fully saturated rings. The van der Waals surface area contributed by atoms with Gasteiger partial charge in [0.25, 0.3) is 0 Å². The number of carbonyl (C=O) groups is 1. The summed E-state index contributed by atoms with van der Waals surface area (Å²) in [6.45, 7) is 4.47. The smallest absolute Gasteiger partial charge is 0.224 e. The molecule has 0 aliphatic rings. The van der Waals surface area contributed by atoms with Crippen molar-refractivity contribution < 1.29 is 9.18 Å². The van der Waals surface area contributed by atoms with E-state index in [2.05, 4.69) is 20.9 Å². The number of halogens is 1. The van der Waals surface area contributed by atoms with Gasteiger partial charge in [-0.25, -0.2) is 9.38 Å². The summed E-state index contributed by atoms with van der Waals surface area (Å²) in [5.41, 5.74) is 0.790. The van der Waals surface area contributed by atoms with Crippen LogP contribution in [0.5, 0.6) is 0 Å². The minimum atomic E-state index is -0.300. The number of nitrogens with zero attached hydrogens (tertiary/aromatic N) is 1. The highest BCUT2D eigenvalue weighted by molar-refractivity contribution is 7.09. The number of rotatable bonds is 8. The average molecular weight is 362 g/mol. The van der Waals surface area contributed by atoms with E-state index in [1.165, 1.54) is 17.0 Å². The number of hydrogen-bond donors (Lipinski definition) is 3. The fraction of sp³-hybridized carbons (Fsp3) is 0.333. The van der Waals surface area contributed by atoms with Crippen LogP contribution in [0.2, 0.25) is 0 Å². The molecule has 0 saturated heterocycles. The first-order valence-corrected chi connectivity index (χ1v) is 9.11. The quantitative estimate of drug-likeness (QED) is 0.384. The third-order valence-electron chi connectivity index (χ3n) is 3.33. The van der Waals surface area contributed by atoms with E-state index in [0.29, 0.717) is 19.6 Å². The van der Waals surface area contributed by atoms with Crippen LogP contribution in [0.25, 0.3) is 0 Å². The van der Waals surface area contributed by atoms with Crippen molar-refractivity contribution in [3.63, 3.8) is 0 Å². The largest absolute Gasteiger partial charge is 0.357 e. The van der Waals surface area contributed by atoms with Crippen LogP contribution in [0.15, 0.2) is 46.8 Å². The fourth-order valence-electron chi connectivity index (χ4n) is 2.13. The highest BCUT2D eigenvalue weighted by Crippen LogP contribution is 2.09. The predicted octanol–water partition coefficient (Wildman–Crippen LogP) is 2.30. The van der Waals surface area contributed by atoms with Crippen LogP contribution in [-0.4, -0.2) is 31.5 Å². The van der Waals surface area contributed by atoms with E-state index in [4.69, 9.17) is 0 Å². The lowest BCUT2D eigenvalue weighted by atomic mass is 10.1. The van der Waals surface area contributed by atoms with Crippen LogP contribution in [-0.2, 0) is 17.8 Å². The molecule has 2 rings (SSSR count). The van der Waals surface area contributed by atoms with Crippen molar-refractivity contribution >= 4 is 23.2 Å². The zero-order valence-corrected chi connectivity index (χ0v) is 15.0. The second-order valence-electron chi connectivity index (χ2n) is 5.35. The summed E-state index contributed by atoms with van der Waals surface area (Å²) in [6.07, 6.45) is 0.243. The molecule has 0 radical (unpaired) electrons. The van der Waals surface area contributed by atoms with Crippen LogP contribution in [0.4, 0.5) is 4.39 Å². The van der Waals surface area contributed by atoms with Crippen molar-refractivity contribution in [2.24, 2.45) is 4.99 Å². The van der Waals surface area contributed by atoms with Crippen LogP contribution in [0.3, 0.4) is 0 Å².